The first-order valence-corrected chi connectivity index (χ1v) is 9.82. The summed E-state index contributed by atoms with van der Waals surface area (Å²) in [7, 11) is 0. The number of hydrogen-bond donors (Lipinski definition) is 2. The number of amides is 1. The smallest absolute Gasteiger partial charge is 0.336 e. The maximum absolute atomic E-state index is 12.8. The van der Waals surface area contributed by atoms with Gasteiger partial charge in [-0.2, -0.15) is 18.3 Å². The Morgan fingerprint density at radius 1 is 1.28 bits per heavy atom. The van der Waals surface area contributed by atoms with Gasteiger partial charge in [-0.15, -0.1) is 0 Å². The second-order valence-corrected chi connectivity index (χ2v) is 8.33. The highest BCUT2D eigenvalue weighted by Gasteiger charge is 2.46. The zero-order valence-corrected chi connectivity index (χ0v) is 15.6. The van der Waals surface area contributed by atoms with Gasteiger partial charge in [-0.05, 0) is 38.5 Å². The van der Waals surface area contributed by atoms with E-state index in [0.29, 0.717) is 43.8 Å². The van der Waals surface area contributed by atoms with Crippen molar-refractivity contribution in [3.05, 3.63) is 44.9 Å². The predicted octanol–water partition coefficient (Wildman–Crippen LogP) is 2.51. The number of carbonyl (C=O) groups is 1. The standard InChI is InChI=1S/C19H20F3N5O2/c20-19(21,22)13-8-12(25-26-13)17(29)27-7-1-5-18(9-27)6-4-11-14(18)23-15(10-2-3-10)24-16(11)28/h8,10H,1-7,9H2,(H,25,26)(H,23,24,28). The molecule has 29 heavy (non-hydrogen) atoms. The van der Waals surface area contributed by atoms with Crippen LogP contribution in [-0.2, 0) is 18.0 Å². The lowest BCUT2D eigenvalue weighted by Crippen LogP contribution is -2.48. The summed E-state index contributed by atoms with van der Waals surface area (Å²) in [5.41, 5.74) is -0.336. The molecule has 2 fully saturated rings. The number of aromatic amines is 2. The van der Waals surface area contributed by atoms with Crippen molar-refractivity contribution in [2.24, 2.45) is 0 Å². The summed E-state index contributed by atoms with van der Waals surface area (Å²) in [5, 5.41) is 5.47. The average Bonchev–Trinajstić information content (AvgIpc) is 3.30. The number of fused-ring (bicyclic) bond motifs is 2. The van der Waals surface area contributed by atoms with Crippen LogP contribution in [0.4, 0.5) is 13.2 Å². The van der Waals surface area contributed by atoms with Gasteiger partial charge in [0.05, 0.1) is 5.69 Å². The van der Waals surface area contributed by atoms with Crippen LogP contribution < -0.4 is 5.56 Å². The lowest BCUT2D eigenvalue weighted by atomic mass is 9.77. The van der Waals surface area contributed by atoms with Crippen LogP contribution in [0.3, 0.4) is 0 Å². The van der Waals surface area contributed by atoms with Gasteiger partial charge in [-0.3, -0.25) is 14.7 Å². The molecule has 1 saturated carbocycles. The van der Waals surface area contributed by atoms with E-state index < -0.39 is 23.2 Å². The molecule has 2 N–H and O–H groups in total. The van der Waals surface area contributed by atoms with Crippen molar-refractivity contribution >= 4 is 5.91 Å². The number of rotatable bonds is 2. The summed E-state index contributed by atoms with van der Waals surface area (Å²) < 4.78 is 38.5. The molecule has 10 heteroatoms. The topological polar surface area (TPSA) is 94.7 Å². The van der Waals surface area contributed by atoms with E-state index in [1.165, 1.54) is 0 Å². The van der Waals surface area contributed by atoms with E-state index in [1.807, 2.05) is 5.10 Å². The molecule has 1 atom stereocenters. The molecule has 154 valence electrons. The SMILES string of the molecule is O=C(c1cc(C(F)(F)F)[nH]n1)N1CCCC2(CCc3c2nc(C2CC2)[nH]c3=O)C1. The fourth-order valence-corrected chi connectivity index (χ4v) is 4.66. The van der Waals surface area contributed by atoms with Crippen molar-refractivity contribution in [1.82, 2.24) is 25.1 Å². The van der Waals surface area contributed by atoms with Crippen molar-refractivity contribution in [2.75, 3.05) is 13.1 Å². The Balaban J connectivity index is 1.44. The maximum atomic E-state index is 12.8. The van der Waals surface area contributed by atoms with E-state index in [0.717, 1.165) is 36.8 Å². The van der Waals surface area contributed by atoms with Crippen LogP contribution in [-0.4, -0.2) is 44.1 Å². The molecule has 1 saturated heterocycles. The summed E-state index contributed by atoms with van der Waals surface area (Å²) in [6.45, 7) is 0.788. The van der Waals surface area contributed by atoms with Crippen LogP contribution >= 0.6 is 0 Å². The number of nitrogens with one attached hydrogen (secondary N) is 2. The fraction of sp³-hybridized carbons (Fsp3) is 0.579. The predicted molar refractivity (Wildman–Crippen MR) is 95.6 cm³/mol. The zero-order chi connectivity index (χ0) is 20.4. The van der Waals surface area contributed by atoms with Gasteiger partial charge in [-0.25, -0.2) is 4.98 Å². The Morgan fingerprint density at radius 2 is 2.07 bits per heavy atom. The number of piperidine rings is 1. The largest absolute Gasteiger partial charge is 0.432 e. The molecule has 0 aromatic carbocycles. The number of likely N-dealkylation sites (tertiary alicyclic amines) is 1. The van der Waals surface area contributed by atoms with E-state index in [-0.39, 0.29) is 11.3 Å². The number of halogens is 3. The molecular weight excluding hydrogens is 387 g/mol. The molecule has 7 nitrogen and oxygen atoms in total. The van der Waals surface area contributed by atoms with E-state index in [2.05, 4.69) is 10.1 Å². The molecule has 0 radical (unpaired) electrons. The minimum atomic E-state index is -4.58. The molecular formula is C19H20F3N5O2. The minimum Gasteiger partial charge on any atom is -0.336 e. The lowest BCUT2D eigenvalue weighted by molar-refractivity contribution is -0.141. The van der Waals surface area contributed by atoms with E-state index >= 15 is 0 Å². The summed E-state index contributed by atoms with van der Waals surface area (Å²) in [5.74, 6) is 0.494. The highest BCUT2D eigenvalue weighted by molar-refractivity contribution is 5.92. The number of alkyl halides is 3. The molecule has 0 bridgehead atoms. The average molecular weight is 407 g/mol. The highest BCUT2D eigenvalue weighted by Crippen LogP contribution is 2.45. The van der Waals surface area contributed by atoms with Gasteiger partial charge in [-0.1, -0.05) is 0 Å². The van der Waals surface area contributed by atoms with Crippen molar-refractivity contribution in [3.63, 3.8) is 0 Å². The first kappa shape index (κ1) is 18.4. The number of hydrogen-bond acceptors (Lipinski definition) is 4. The first-order valence-electron chi connectivity index (χ1n) is 9.82. The van der Waals surface area contributed by atoms with Crippen molar-refractivity contribution in [3.8, 4) is 0 Å². The molecule has 3 aliphatic rings. The van der Waals surface area contributed by atoms with Crippen LogP contribution in [0.15, 0.2) is 10.9 Å². The van der Waals surface area contributed by atoms with Crippen LogP contribution in [0.5, 0.6) is 0 Å². The second-order valence-electron chi connectivity index (χ2n) is 8.33. The first-order chi connectivity index (χ1) is 13.8. The van der Waals surface area contributed by atoms with E-state index in [9.17, 15) is 22.8 Å². The van der Waals surface area contributed by atoms with Gasteiger partial charge in [0.25, 0.3) is 11.5 Å². The fourth-order valence-electron chi connectivity index (χ4n) is 4.66. The molecule has 2 aromatic rings. The Labute approximate surface area is 163 Å². The molecule has 3 heterocycles. The molecule has 1 unspecified atom stereocenters. The van der Waals surface area contributed by atoms with Crippen LogP contribution in [0.1, 0.15) is 71.3 Å². The highest BCUT2D eigenvalue weighted by atomic mass is 19.4. The molecule has 1 aliphatic heterocycles. The molecule has 2 aromatic heterocycles. The Hall–Kier alpha value is -2.65. The van der Waals surface area contributed by atoms with Crippen molar-refractivity contribution < 1.29 is 18.0 Å². The van der Waals surface area contributed by atoms with E-state index in [4.69, 9.17) is 4.98 Å². The van der Waals surface area contributed by atoms with Crippen molar-refractivity contribution in [2.45, 2.75) is 56.0 Å². The third kappa shape index (κ3) is 3.05. The zero-order valence-electron chi connectivity index (χ0n) is 15.6. The van der Waals surface area contributed by atoms with Gasteiger partial charge in [0.15, 0.2) is 5.69 Å². The third-order valence-electron chi connectivity index (χ3n) is 6.32. The third-order valence-corrected chi connectivity index (χ3v) is 6.32. The Bertz CT molecular complexity index is 1040. The van der Waals surface area contributed by atoms with Gasteiger partial charge < -0.3 is 9.88 Å². The number of carbonyl (C=O) groups excluding carboxylic acids is 1. The summed E-state index contributed by atoms with van der Waals surface area (Å²) in [4.78, 5) is 34.6. The van der Waals surface area contributed by atoms with Crippen LogP contribution in [0, 0.1) is 0 Å². The quantitative estimate of drug-likeness (QED) is 0.800. The number of nitrogens with zero attached hydrogens (tertiary/aromatic N) is 3. The van der Waals surface area contributed by atoms with Crippen LogP contribution in [0.2, 0.25) is 0 Å². The number of H-pyrrole nitrogens is 2. The summed E-state index contributed by atoms with van der Waals surface area (Å²) in [6, 6.07) is 0.750. The maximum Gasteiger partial charge on any atom is 0.432 e. The van der Waals surface area contributed by atoms with E-state index in [1.54, 1.807) is 4.90 Å². The van der Waals surface area contributed by atoms with Gasteiger partial charge >= 0.3 is 6.18 Å². The molecule has 5 rings (SSSR count). The summed E-state index contributed by atoms with van der Waals surface area (Å²) >= 11 is 0. The molecule has 2 aliphatic carbocycles. The lowest BCUT2D eigenvalue weighted by Gasteiger charge is -2.40. The molecule has 1 amide bonds. The monoisotopic (exact) mass is 407 g/mol. The minimum absolute atomic E-state index is 0.0978. The molecule has 1 spiro atoms. The number of aromatic nitrogens is 4. The van der Waals surface area contributed by atoms with Gasteiger partial charge in [0.1, 0.15) is 11.5 Å². The van der Waals surface area contributed by atoms with Crippen LogP contribution in [0.25, 0.3) is 0 Å². The normalized spacial score (nSPS) is 24.2. The summed E-state index contributed by atoms with van der Waals surface area (Å²) in [6.07, 6.45) is 0.271. The Kier molecular flexibility index (Phi) is 3.91. The second kappa shape index (κ2) is 6.17. The van der Waals surface area contributed by atoms with Gasteiger partial charge in [0.2, 0.25) is 0 Å². The van der Waals surface area contributed by atoms with Crippen molar-refractivity contribution in [1.29, 1.82) is 0 Å². The van der Waals surface area contributed by atoms with Gasteiger partial charge in [0, 0.05) is 36.1 Å². The Morgan fingerprint density at radius 3 is 2.76 bits per heavy atom.